The number of amides is 1. The number of nitrogens with one attached hydrogen (secondary N) is 1. The van der Waals surface area contributed by atoms with E-state index in [4.69, 9.17) is 9.47 Å². The number of halogens is 2. The van der Waals surface area contributed by atoms with Gasteiger partial charge in [-0.2, -0.15) is 0 Å². The van der Waals surface area contributed by atoms with Crippen LogP contribution < -0.4 is 10.1 Å². The van der Waals surface area contributed by atoms with Crippen molar-refractivity contribution < 1.29 is 27.8 Å². The summed E-state index contributed by atoms with van der Waals surface area (Å²) in [7, 11) is 0. The fourth-order valence-corrected chi connectivity index (χ4v) is 1.78. The van der Waals surface area contributed by atoms with Crippen LogP contribution in [0.25, 0.3) is 0 Å². The van der Waals surface area contributed by atoms with E-state index in [0.29, 0.717) is 5.75 Å². The van der Waals surface area contributed by atoms with Gasteiger partial charge in [0.1, 0.15) is 5.75 Å². The van der Waals surface area contributed by atoms with E-state index in [1.54, 1.807) is 30.3 Å². The van der Waals surface area contributed by atoms with Gasteiger partial charge in [0, 0.05) is 11.8 Å². The second kappa shape index (κ2) is 8.05. The third-order valence-electron chi connectivity index (χ3n) is 2.94. The summed E-state index contributed by atoms with van der Waals surface area (Å²) < 4.78 is 36.0. The number of hydrogen-bond donors (Lipinski definition) is 1. The minimum Gasteiger partial charge on any atom is -0.479 e. The van der Waals surface area contributed by atoms with Crippen LogP contribution in [0.15, 0.2) is 48.5 Å². The summed E-state index contributed by atoms with van der Waals surface area (Å²) in [5.41, 5.74) is 0.0588. The largest absolute Gasteiger partial charge is 0.479 e. The Morgan fingerprint density at radius 1 is 1.08 bits per heavy atom. The van der Waals surface area contributed by atoms with Crippen LogP contribution in [-0.2, 0) is 14.3 Å². The van der Waals surface area contributed by atoms with Crippen LogP contribution in [-0.4, -0.2) is 24.6 Å². The van der Waals surface area contributed by atoms with Crippen LogP contribution in [0.2, 0.25) is 0 Å². The lowest BCUT2D eigenvalue weighted by Crippen LogP contribution is -2.29. The first kappa shape index (κ1) is 17.4. The lowest BCUT2D eigenvalue weighted by Gasteiger charge is -2.13. The average molecular weight is 335 g/mol. The molecule has 24 heavy (non-hydrogen) atoms. The fourth-order valence-electron chi connectivity index (χ4n) is 1.78. The van der Waals surface area contributed by atoms with Crippen LogP contribution >= 0.6 is 0 Å². The van der Waals surface area contributed by atoms with Crippen LogP contribution in [0.1, 0.15) is 6.92 Å². The molecule has 126 valence electrons. The summed E-state index contributed by atoms with van der Waals surface area (Å²) >= 11 is 0. The first-order chi connectivity index (χ1) is 11.5. The third kappa shape index (κ3) is 5.05. The van der Waals surface area contributed by atoms with Crippen molar-refractivity contribution in [1.29, 1.82) is 0 Å². The molecule has 0 fully saturated rings. The molecule has 1 N–H and O–H groups in total. The first-order valence-corrected chi connectivity index (χ1v) is 7.09. The Labute approximate surface area is 137 Å². The summed E-state index contributed by atoms with van der Waals surface area (Å²) in [6.45, 7) is 0.920. The Hall–Kier alpha value is -2.96. The molecule has 0 radical (unpaired) electrons. The van der Waals surface area contributed by atoms with Gasteiger partial charge in [-0.15, -0.1) is 0 Å². The van der Waals surface area contributed by atoms with Crippen molar-refractivity contribution in [2.75, 3.05) is 11.9 Å². The topological polar surface area (TPSA) is 64.6 Å². The zero-order valence-electron chi connectivity index (χ0n) is 12.8. The molecule has 0 heterocycles. The molecule has 0 spiro atoms. The Bertz CT molecular complexity index is 722. The molecule has 0 saturated carbocycles. The average Bonchev–Trinajstić information content (AvgIpc) is 2.57. The molecule has 2 rings (SSSR count). The van der Waals surface area contributed by atoms with Crippen LogP contribution in [0, 0.1) is 11.6 Å². The molecule has 2 aromatic rings. The van der Waals surface area contributed by atoms with Crippen LogP contribution in [0.5, 0.6) is 5.75 Å². The summed E-state index contributed by atoms with van der Waals surface area (Å²) in [6, 6.07) is 11.6. The quantitative estimate of drug-likeness (QED) is 0.825. The Morgan fingerprint density at radius 3 is 2.46 bits per heavy atom. The highest BCUT2D eigenvalue weighted by Gasteiger charge is 2.18. The van der Waals surface area contributed by atoms with Gasteiger partial charge in [-0.25, -0.2) is 13.6 Å². The van der Waals surface area contributed by atoms with E-state index >= 15 is 0 Å². The first-order valence-electron chi connectivity index (χ1n) is 7.09. The fraction of sp³-hybridized carbons (Fsp3) is 0.176. The second-order valence-corrected chi connectivity index (χ2v) is 4.86. The molecule has 2 aromatic carbocycles. The number of esters is 1. The lowest BCUT2D eigenvalue weighted by molar-refractivity contribution is -0.153. The standard InChI is InChI=1S/C17H15F2NO4/c1-11(24-13-5-3-2-4-6-13)17(22)23-10-16(21)20-12-7-8-14(18)15(19)9-12/h2-9,11H,10H2,1H3,(H,20,21)/t11-/m1/s1. The van der Waals surface area contributed by atoms with Crippen LogP contribution in [0.3, 0.4) is 0 Å². The van der Waals surface area contributed by atoms with Crippen molar-refractivity contribution in [1.82, 2.24) is 0 Å². The molecule has 0 aliphatic carbocycles. The number of benzene rings is 2. The Morgan fingerprint density at radius 2 is 1.79 bits per heavy atom. The van der Waals surface area contributed by atoms with E-state index in [1.165, 1.54) is 13.0 Å². The molecule has 0 aliphatic heterocycles. The number of anilines is 1. The zero-order valence-corrected chi connectivity index (χ0v) is 12.8. The predicted octanol–water partition coefficient (Wildman–Crippen LogP) is 2.91. The molecule has 1 amide bonds. The summed E-state index contributed by atoms with van der Waals surface area (Å²) in [5, 5.41) is 2.29. The highest BCUT2D eigenvalue weighted by Crippen LogP contribution is 2.13. The van der Waals surface area contributed by atoms with E-state index in [9.17, 15) is 18.4 Å². The highest BCUT2D eigenvalue weighted by molar-refractivity contribution is 5.93. The van der Waals surface area contributed by atoms with Gasteiger partial charge in [0.05, 0.1) is 0 Å². The molecule has 0 aromatic heterocycles. The highest BCUT2D eigenvalue weighted by atomic mass is 19.2. The van der Waals surface area contributed by atoms with Gasteiger partial charge in [-0.05, 0) is 31.2 Å². The van der Waals surface area contributed by atoms with E-state index in [2.05, 4.69) is 5.32 Å². The molecule has 1 atom stereocenters. The van der Waals surface area contributed by atoms with E-state index < -0.39 is 36.2 Å². The number of hydrogen-bond acceptors (Lipinski definition) is 4. The van der Waals surface area contributed by atoms with Gasteiger partial charge in [0.2, 0.25) is 0 Å². The van der Waals surface area contributed by atoms with Crippen molar-refractivity contribution in [3.63, 3.8) is 0 Å². The molecule has 5 nitrogen and oxygen atoms in total. The Balaban J connectivity index is 1.80. The number of carbonyl (C=O) groups excluding carboxylic acids is 2. The normalized spacial score (nSPS) is 11.5. The molecule has 0 aliphatic rings. The Kier molecular flexibility index (Phi) is 5.83. The van der Waals surface area contributed by atoms with Gasteiger partial charge in [-0.3, -0.25) is 4.79 Å². The van der Waals surface area contributed by atoms with Gasteiger partial charge < -0.3 is 14.8 Å². The third-order valence-corrected chi connectivity index (χ3v) is 2.94. The van der Waals surface area contributed by atoms with Crippen molar-refractivity contribution in [3.8, 4) is 5.75 Å². The zero-order chi connectivity index (χ0) is 17.5. The molecule has 0 unspecified atom stereocenters. The summed E-state index contributed by atoms with van der Waals surface area (Å²) in [6.07, 6.45) is -0.900. The van der Waals surface area contributed by atoms with Gasteiger partial charge in [-0.1, -0.05) is 18.2 Å². The van der Waals surface area contributed by atoms with E-state index in [0.717, 1.165) is 12.1 Å². The number of rotatable bonds is 6. The molecular weight excluding hydrogens is 320 g/mol. The maximum atomic E-state index is 13.0. The molecular formula is C17H15F2NO4. The summed E-state index contributed by atoms with van der Waals surface area (Å²) in [5.74, 6) is -3.02. The second-order valence-electron chi connectivity index (χ2n) is 4.86. The van der Waals surface area contributed by atoms with Crippen molar-refractivity contribution in [2.45, 2.75) is 13.0 Å². The maximum Gasteiger partial charge on any atom is 0.347 e. The van der Waals surface area contributed by atoms with Crippen LogP contribution in [0.4, 0.5) is 14.5 Å². The SMILES string of the molecule is C[C@@H](Oc1ccccc1)C(=O)OCC(=O)Nc1ccc(F)c(F)c1. The molecule has 0 saturated heterocycles. The van der Waals surface area contributed by atoms with E-state index in [-0.39, 0.29) is 5.69 Å². The van der Waals surface area contributed by atoms with Crippen molar-refractivity contribution in [2.24, 2.45) is 0 Å². The van der Waals surface area contributed by atoms with E-state index in [1.807, 2.05) is 0 Å². The van der Waals surface area contributed by atoms with Crippen molar-refractivity contribution in [3.05, 3.63) is 60.2 Å². The number of ether oxygens (including phenoxy) is 2. The van der Waals surface area contributed by atoms with Gasteiger partial charge >= 0.3 is 5.97 Å². The monoisotopic (exact) mass is 335 g/mol. The molecule has 0 bridgehead atoms. The van der Waals surface area contributed by atoms with Gasteiger partial charge in [0.25, 0.3) is 5.91 Å². The minimum absolute atomic E-state index is 0.0588. The number of para-hydroxylation sites is 1. The molecule has 7 heteroatoms. The smallest absolute Gasteiger partial charge is 0.347 e. The predicted molar refractivity (Wildman–Crippen MR) is 82.5 cm³/mol. The maximum absolute atomic E-state index is 13.0. The minimum atomic E-state index is -1.09. The number of carbonyl (C=O) groups is 2. The van der Waals surface area contributed by atoms with Crippen molar-refractivity contribution >= 4 is 17.6 Å². The van der Waals surface area contributed by atoms with Gasteiger partial charge in [0.15, 0.2) is 24.3 Å². The lowest BCUT2D eigenvalue weighted by atomic mass is 10.3. The summed E-state index contributed by atoms with van der Waals surface area (Å²) in [4.78, 5) is 23.4.